The van der Waals surface area contributed by atoms with Crippen molar-refractivity contribution in [1.82, 2.24) is 20.0 Å². The summed E-state index contributed by atoms with van der Waals surface area (Å²) in [5.74, 6) is -0.214. The van der Waals surface area contributed by atoms with E-state index in [1.807, 2.05) is 13.8 Å². The smallest absolute Gasteiger partial charge is 0.272 e. The molecule has 128 valence electrons. The molecule has 2 heterocycles. The highest BCUT2D eigenvalue weighted by Crippen LogP contribution is 2.27. The number of hydrogen-bond donors (Lipinski definition) is 2. The van der Waals surface area contributed by atoms with E-state index >= 15 is 0 Å². The molecule has 2 amide bonds. The number of amides is 2. The highest BCUT2D eigenvalue weighted by atomic mass is 16.3. The van der Waals surface area contributed by atoms with Gasteiger partial charge in [0.1, 0.15) is 5.69 Å². The Balaban J connectivity index is 2.06. The molecule has 0 aliphatic carbocycles. The highest BCUT2D eigenvalue weighted by Gasteiger charge is 2.36. The topological polar surface area (TPSA) is 87.5 Å². The number of carbonyl (C=O) groups is 2. The molecule has 2 N–H and O–H groups in total. The van der Waals surface area contributed by atoms with E-state index in [2.05, 4.69) is 10.4 Å². The summed E-state index contributed by atoms with van der Waals surface area (Å²) < 4.78 is 1.69. The Morgan fingerprint density at radius 3 is 2.87 bits per heavy atom. The van der Waals surface area contributed by atoms with Gasteiger partial charge in [0.25, 0.3) is 5.91 Å². The van der Waals surface area contributed by atoms with Gasteiger partial charge in [0, 0.05) is 38.8 Å². The molecule has 1 aliphatic rings. The van der Waals surface area contributed by atoms with E-state index in [1.165, 1.54) is 0 Å². The van der Waals surface area contributed by atoms with Crippen LogP contribution in [0, 0.1) is 0 Å². The first-order valence-corrected chi connectivity index (χ1v) is 8.12. The average molecular weight is 322 g/mol. The van der Waals surface area contributed by atoms with E-state index < -0.39 is 5.60 Å². The summed E-state index contributed by atoms with van der Waals surface area (Å²) in [5, 5.41) is 17.5. The number of carbonyl (C=O) groups excluding carboxylic acids is 2. The molecule has 2 rings (SSSR count). The van der Waals surface area contributed by atoms with Gasteiger partial charge in [-0.25, -0.2) is 0 Å². The van der Waals surface area contributed by atoms with Gasteiger partial charge in [-0.05, 0) is 39.2 Å². The van der Waals surface area contributed by atoms with Crippen molar-refractivity contribution in [3.05, 3.63) is 18.0 Å². The van der Waals surface area contributed by atoms with Crippen LogP contribution in [0.1, 0.15) is 56.1 Å². The Morgan fingerprint density at radius 2 is 2.22 bits per heavy atom. The maximum Gasteiger partial charge on any atom is 0.272 e. The number of likely N-dealkylation sites (tertiary alicyclic amines) is 1. The Morgan fingerprint density at radius 1 is 1.48 bits per heavy atom. The number of hydrogen-bond acceptors (Lipinski definition) is 4. The van der Waals surface area contributed by atoms with Crippen molar-refractivity contribution >= 4 is 11.8 Å². The van der Waals surface area contributed by atoms with Crippen LogP contribution in [0.15, 0.2) is 12.3 Å². The molecule has 1 saturated heterocycles. The third-order valence-electron chi connectivity index (χ3n) is 4.32. The second-order valence-corrected chi connectivity index (χ2v) is 6.48. The molecule has 0 bridgehead atoms. The summed E-state index contributed by atoms with van der Waals surface area (Å²) in [7, 11) is 1.58. The van der Waals surface area contributed by atoms with Gasteiger partial charge in [-0.3, -0.25) is 14.3 Å². The van der Waals surface area contributed by atoms with Crippen LogP contribution in [0.4, 0.5) is 0 Å². The van der Waals surface area contributed by atoms with Crippen LogP contribution in [0.5, 0.6) is 0 Å². The molecule has 0 radical (unpaired) electrons. The number of β-amino-alcohol motifs (C(OH)–C–C–N with tert-alkyl or cyclic N) is 1. The van der Waals surface area contributed by atoms with Crippen molar-refractivity contribution in [1.29, 1.82) is 0 Å². The average Bonchev–Trinajstić information content (AvgIpc) is 3.01. The van der Waals surface area contributed by atoms with E-state index in [9.17, 15) is 14.7 Å². The Hall–Kier alpha value is -1.89. The molecule has 23 heavy (non-hydrogen) atoms. The quantitative estimate of drug-likeness (QED) is 0.845. The standard InChI is InChI=1S/C16H26N4O3/c1-12(2)20-13(6-9-18-20)15(22)19-10-4-7-16(23,11-19)8-5-14(21)17-3/h6,9,12,23H,4-5,7-8,10-11H2,1-3H3,(H,17,21)/t16-/m1/s1. The molecule has 1 atom stereocenters. The second kappa shape index (κ2) is 7.12. The molecular formula is C16H26N4O3. The lowest BCUT2D eigenvalue weighted by atomic mass is 9.88. The molecule has 0 saturated carbocycles. The summed E-state index contributed by atoms with van der Waals surface area (Å²) >= 11 is 0. The number of nitrogens with one attached hydrogen (secondary N) is 1. The second-order valence-electron chi connectivity index (χ2n) is 6.48. The monoisotopic (exact) mass is 322 g/mol. The van der Waals surface area contributed by atoms with Gasteiger partial charge in [-0.15, -0.1) is 0 Å². The largest absolute Gasteiger partial charge is 0.388 e. The van der Waals surface area contributed by atoms with Gasteiger partial charge < -0.3 is 15.3 Å². The lowest BCUT2D eigenvalue weighted by Crippen LogP contribution is -2.51. The fraction of sp³-hybridized carbons (Fsp3) is 0.688. The summed E-state index contributed by atoms with van der Waals surface area (Å²) in [4.78, 5) is 25.8. The summed E-state index contributed by atoms with van der Waals surface area (Å²) in [6.07, 6.45) is 3.58. The summed E-state index contributed by atoms with van der Waals surface area (Å²) in [6, 6.07) is 1.81. The zero-order valence-corrected chi connectivity index (χ0v) is 14.1. The molecule has 0 aromatic carbocycles. The SMILES string of the molecule is CNC(=O)CC[C@]1(O)CCCN(C(=O)c2ccnn2C(C)C)C1. The van der Waals surface area contributed by atoms with Crippen molar-refractivity contribution in [3.8, 4) is 0 Å². The number of piperidine rings is 1. The minimum atomic E-state index is -0.997. The molecule has 7 heteroatoms. The third-order valence-corrected chi connectivity index (χ3v) is 4.32. The first-order valence-electron chi connectivity index (χ1n) is 8.12. The van der Waals surface area contributed by atoms with E-state index in [1.54, 1.807) is 28.9 Å². The summed E-state index contributed by atoms with van der Waals surface area (Å²) in [6.45, 7) is 4.82. The van der Waals surface area contributed by atoms with Gasteiger partial charge in [-0.1, -0.05) is 0 Å². The van der Waals surface area contributed by atoms with Crippen molar-refractivity contribution < 1.29 is 14.7 Å². The fourth-order valence-electron chi connectivity index (χ4n) is 3.02. The van der Waals surface area contributed by atoms with Crippen LogP contribution in [0.25, 0.3) is 0 Å². The number of aromatic nitrogens is 2. The highest BCUT2D eigenvalue weighted by molar-refractivity contribution is 5.92. The molecule has 0 spiro atoms. The van der Waals surface area contributed by atoms with Crippen LogP contribution in [-0.4, -0.2) is 57.3 Å². The minimum absolute atomic E-state index is 0.0974. The fourth-order valence-corrected chi connectivity index (χ4v) is 3.02. The number of rotatable bonds is 5. The van der Waals surface area contributed by atoms with Gasteiger partial charge >= 0.3 is 0 Å². The van der Waals surface area contributed by atoms with E-state index in [0.29, 0.717) is 25.1 Å². The van der Waals surface area contributed by atoms with Gasteiger partial charge in [0.15, 0.2) is 0 Å². The lowest BCUT2D eigenvalue weighted by molar-refractivity contribution is -0.122. The van der Waals surface area contributed by atoms with Crippen LogP contribution in [0.2, 0.25) is 0 Å². The van der Waals surface area contributed by atoms with Gasteiger partial charge in [-0.2, -0.15) is 5.10 Å². The predicted molar refractivity (Wildman–Crippen MR) is 86.0 cm³/mol. The Labute approximate surface area is 136 Å². The molecule has 1 aromatic heterocycles. The lowest BCUT2D eigenvalue weighted by Gasteiger charge is -2.39. The van der Waals surface area contributed by atoms with E-state index in [0.717, 1.165) is 6.42 Å². The molecule has 1 fully saturated rings. The van der Waals surface area contributed by atoms with E-state index in [4.69, 9.17) is 0 Å². The third kappa shape index (κ3) is 4.10. The predicted octanol–water partition coefficient (Wildman–Crippen LogP) is 0.957. The summed E-state index contributed by atoms with van der Waals surface area (Å²) in [5.41, 5.74) is -0.459. The van der Waals surface area contributed by atoms with E-state index in [-0.39, 0.29) is 30.8 Å². The Bertz CT molecular complexity index is 569. The zero-order valence-electron chi connectivity index (χ0n) is 14.1. The maximum absolute atomic E-state index is 12.7. The zero-order chi connectivity index (χ0) is 17.0. The molecular weight excluding hydrogens is 296 g/mol. The maximum atomic E-state index is 12.7. The number of nitrogens with zero attached hydrogens (tertiary/aromatic N) is 3. The molecule has 1 aromatic rings. The van der Waals surface area contributed by atoms with Crippen molar-refractivity contribution in [3.63, 3.8) is 0 Å². The van der Waals surface area contributed by atoms with Crippen molar-refractivity contribution in [2.24, 2.45) is 0 Å². The van der Waals surface area contributed by atoms with Crippen LogP contribution >= 0.6 is 0 Å². The van der Waals surface area contributed by atoms with Crippen LogP contribution in [0.3, 0.4) is 0 Å². The van der Waals surface area contributed by atoms with Crippen molar-refractivity contribution in [2.75, 3.05) is 20.1 Å². The first kappa shape index (κ1) is 17.5. The van der Waals surface area contributed by atoms with Crippen LogP contribution < -0.4 is 5.32 Å². The number of aliphatic hydroxyl groups is 1. The minimum Gasteiger partial charge on any atom is -0.388 e. The van der Waals surface area contributed by atoms with Gasteiger partial charge in [0.05, 0.1) is 5.60 Å². The normalized spacial score (nSPS) is 21.5. The molecule has 7 nitrogen and oxygen atoms in total. The van der Waals surface area contributed by atoms with Crippen molar-refractivity contribution in [2.45, 2.75) is 51.2 Å². The molecule has 1 aliphatic heterocycles. The molecule has 0 unspecified atom stereocenters. The first-order chi connectivity index (χ1) is 10.9. The van der Waals surface area contributed by atoms with Crippen LogP contribution in [-0.2, 0) is 4.79 Å². The Kier molecular flexibility index (Phi) is 5.41. The van der Waals surface area contributed by atoms with Gasteiger partial charge in [0.2, 0.25) is 5.91 Å².